The number of nitrogens with one attached hydrogen (secondary N) is 1. The van der Waals surface area contributed by atoms with E-state index < -0.39 is 0 Å². The van der Waals surface area contributed by atoms with E-state index in [4.69, 9.17) is 14.2 Å². The normalized spacial score (nSPS) is 20.4. The number of hydrogen-bond donors (Lipinski definition) is 1. The molecule has 0 radical (unpaired) electrons. The van der Waals surface area contributed by atoms with Gasteiger partial charge in [0.25, 0.3) is 5.69 Å². The zero-order valence-electron chi connectivity index (χ0n) is 16.1. The highest BCUT2D eigenvalue weighted by molar-refractivity contribution is 5.55. The third-order valence-electron chi connectivity index (χ3n) is 5.95. The zero-order chi connectivity index (χ0) is 19.7. The second-order valence-electron chi connectivity index (χ2n) is 7.35. The van der Waals surface area contributed by atoms with Crippen molar-refractivity contribution in [3.63, 3.8) is 0 Å². The molecule has 2 aliphatic heterocycles. The minimum absolute atomic E-state index is 0.0374. The van der Waals surface area contributed by atoms with Crippen molar-refractivity contribution >= 4 is 5.69 Å². The van der Waals surface area contributed by atoms with Gasteiger partial charge in [0.1, 0.15) is 0 Å². The highest BCUT2D eigenvalue weighted by atomic mass is 16.6. The van der Waals surface area contributed by atoms with Gasteiger partial charge in [0.2, 0.25) is 0 Å². The topological polar surface area (TPSA) is 82.9 Å². The molecule has 2 aliphatic rings. The largest absolute Gasteiger partial charge is 0.493 e. The molecule has 148 valence electrons. The van der Waals surface area contributed by atoms with E-state index in [1.54, 1.807) is 26.4 Å². The maximum absolute atomic E-state index is 11.2. The number of nitro benzene ring substituents is 1. The van der Waals surface area contributed by atoms with Crippen LogP contribution in [0.2, 0.25) is 0 Å². The van der Waals surface area contributed by atoms with E-state index in [1.807, 2.05) is 12.1 Å². The van der Waals surface area contributed by atoms with Crippen molar-refractivity contribution < 1.29 is 19.1 Å². The number of methoxy groups -OCH3 is 2. The molecule has 7 heteroatoms. The van der Waals surface area contributed by atoms with E-state index in [0.717, 1.165) is 43.7 Å². The SMILES string of the molecule is COc1cc2c(cc1OC)C1(CCOCC1)CN[C@H]2c1cccc([N+](=O)[O-])c1. The summed E-state index contributed by atoms with van der Waals surface area (Å²) in [6.07, 6.45) is 1.84. The van der Waals surface area contributed by atoms with Gasteiger partial charge >= 0.3 is 0 Å². The average molecular weight is 384 g/mol. The highest BCUT2D eigenvalue weighted by Gasteiger charge is 2.42. The first kappa shape index (κ1) is 18.7. The standard InChI is InChI=1S/C21H24N2O5/c1-26-18-11-16-17(12-19(18)27-2)21(6-8-28-9-7-21)13-22-20(16)14-4-3-5-15(10-14)23(24)25/h3-5,10-12,20,22H,6-9,13H2,1-2H3/t20-/m0/s1. The molecule has 1 N–H and O–H groups in total. The van der Waals surface area contributed by atoms with Crippen molar-refractivity contribution in [1.82, 2.24) is 5.32 Å². The smallest absolute Gasteiger partial charge is 0.269 e. The molecule has 4 rings (SSSR count). The highest BCUT2D eigenvalue weighted by Crippen LogP contribution is 2.47. The summed E-state index contributed by atoms with van der Waals surface area (Å²) in [5.74, 6) is 1.36. The van der Waals surface area contributed by atoms with Crippen molar-refractivity contribution in [2.24, 2.45) is 0 Å². The lowest BCUT2D eigenvalue weighted by Gasteiger charge is -2.45. The maximum Gasteiger partial charge on any atom is 0.269 e. The predicted octanol–water partition coefficient (Wildman–Crippen LogP) is 3.35. The Morgan fingerprint density at radius 3 is 2.54 bits per heavy atom. The molecule has 0 bridgehead atoms. The molecule has 0 saturated carbocycles. The lowest BCUT2D eigenvalue weighted by atomic mass is 9.68. The Morgan fingerprint density at radius 1 is 1.14 bits per heavy atom. The van der Waals surface area contributed by atoms with Crippen molar-refractivity contribution in [2.75, 3.05) is 34.0 Å². The van der Waals surface area contributed by atoms with Crippen LogP contribution in [0.4, 0.5) is 5.69 Å². The number of non-ortho nitro benzene ring substituents is 1. The van der Waals surface area contributed by atoms with E-state index in [2.05, 4.69) is 11.4 Å². The maximum atomic E-state index is 11.2. The Labute approximate surface area is 163 Å². The summed E-state index contributed by atoms with van der Waals surface area (Å²) in [6, 6.07) is 10.7. The Bertz CT molecular complexity index is 892. The fraction of sp³-hybridized carbons (Fsp3) is 0.429. The molecule has 2 heterocycles. The molecular weight excluding hydrogens is 360 g/mol. The van der Waals surface area contributed by atoms with Crippen LogP contribution in [0.1, 0.15) is 35.6 Å². The summed E-state index contributed by atoms with van der Waals surface area (Å²) in [4.78, 5) is 10.9. The third kappa shape index (κ3) is 3.10. The molecule has 1 atom stereocenters. The molecule has 7 nitrogen and oxygen atoms in total. The summed E-state index contributed by atoms with van der Waals surface area (Å²) in [5, 5.41) is 14.9. The van der Waals surface area contributed by atoms with Crippen molar-refractivity contribution in [3.05, 3.63) is 63.2 Å². The molecule has 0 aliphatic carbocycles. The second kappa shape index (κ2) is 7.41. The van der Waals surface area contributed by atoms with Gasteiger partial charge in [-0.05, 0) is 41.7 Å². The zero-order valence-corrected chi connectivity index (χ0v) is 16.1. The molecule has 1 fully saturated rings. The number of rotatable bonds is 4. The van der Waals surface area contributed by atoms with Gasteiger partial charge < -0.3 is 19.5 Å². The van der Waals surface area contributed by atoms with Crippen LogP contribution in [0.25, 0.3) is 0 Å². The Morgan fingerprint density at radius 2 is 1.86 bits per heavy atom. The molecule has 0 aromatic heterocycles. The minimum Gasteiger partial charge on any atom is -0.493 e. The Balaban J connectivity index is 1.86. The lowest BCUT2D eigenvalue weighted by Crippen LogP contribution is -2.48. The van der Waals surface area contributed by atoms with Crippen LogP contribution >= 0.6 is 0 Å². The number of nitrogens with zero attached hydrogens (tertiary/aromatic N) is 1. The van der Waals surface area contributed by atoms with E-state index in [1.165, 1.54) is 11.6 Å². The third-order valence-corrected chi connectivity index (χ3v) is 5.95. The summed E-state index contributed by atoms with van der Waals surface area (Å²) in [7, 11) is 3.26. The molecule has 0 amide bonds. The fourth-order valence-electron chi connectivity index (χ4n) is 4.42. The van der Waals surface area contributed by atoms with Gasteiger partial charge in [-0.3, -0.25) is 10.1 Å². The van der Waals surface area contributed by atoms with Crippen molar-refractivity contribution in [1.29, 1.82) is 0 Å². The first-order valence-corrected chi connectivity index (χ1v) is 9.40. The molecular formula is C21H24N2O5. The van der Waals surface area contributed by atoms with E-state index >= 15 is 0 Å². The van der Waals surface area contributed by atoms with Crippen LogP contribution in [0.5, 0.6) is 11.5 Å². The van der Waals surface area contributed by atoms with Crippen LogP contribution in [0, 0.1) is 10.1 Å². The molecule has 1 spiro atoms. The monoisotopic (exact) mass is 384 g/mol. The van der Waals surface area contributed by atoms with Crippen LogP contribution in [-0.2, 0) is 10.2 Å². The first-order valence-electron chi connectivity index (χ1n) is 9.40. The quantitative estimate of drug-likeness (QED) is 0.643. The van der Waals surface area contributed by atoms with Gasteiger partial charge in [-0.2, -0.15) is 0 Å². The van der Waals surface area contributed by atoms with Gasteiger partial charge in [0.15, 0.2) is 11.5 Å². The van der Waals surface area contributed by atoms with Gasteiger partial charge in [-0.15, -0.1) is 0 Å². The van der Waals surface area contributed by atoms with Crippen LogP contribution < -0.4 is 14.8 Å². The van der Waals surface area contributed by atoms with Crippen molar-refractivity contribution in [3.8, 4) is 11.5 Å². The molecule has 28 heavy (non-hydrogen) atoms. The lowest BCUT2D eigenvalue weighted by molar-refractivity contribution is -0.384. The van der Waals surface area contributed by atoms with Gasteiger partial charge in [0, 0.05) is 37.3 Å². The summed E-state index contributed by atoms with van der Waals surface area (Å²) in [6.45, 7) is 2.22. The van der Waals surface area contributed by atoms with Crippen LogP contribution in [-0.4, -0.2) is 38.9 Å². The van der Waals surface area contributed by atoms with Crippen LogP contribution in [0.15, 0.2) is 36.4 Å². The van der Waals surface area contributed by atoms with Gasteiger partial charge in [-0.25, -0.2) is 0 Å². The number of fused-ring (bicyclic) bond motifs is 2. The second-order valence-corrected chi connectivity index (χ2v) is 7.35. The van der Waals surface area contributed by atoms with E-state index in [9.17, 15) is 10.1 Å². The number of benzene rings is 2. The van der Waals surface area contributed by atoms with Gasteiger partial charge in [0.05, 0.1) is 25.2 Å². The molecule has 2 aromatic carbocycles. The molecule has 2 aromatic rings. The van der Waals surface area contributed by atoms with E-state index in [-0.39, 0.29) is 22.1 Å². The van der Waals surface area contributed by atoms with Crippen LogP contribution in [0.3, 0.4) is 0 Å². The predicted molar refractivity (Wildman–Crippen MR) is 104 cm³/mol. The molecule has 1 saturated heterocycles. The summed E-state index contributed by atoms with van der Waals surface area (Å²) < 4.78 is 16.7. The number of hydrogen-bond acceptors (Lipinski definition) is 6. The van der Waals surface area contributed by atoms with E-state index in [0.29, 0.717) is 11.5 Å². The average Bonchev–Trinajstić information content (AvgIpc) is 2.74. The number of nitro groups is 1. The minimum atomic E-state index is -0.359. The number of ether oxygens (including phenoxy) is 3. The summed E-state index contributed by atoms with van der Waals surface area (Å²) in [5.41, 5.74) is 3.21. The molecule has 0 unspecified atom stereocenters. The Hall–Kier alpha value is -2.64. The van der Waals surface area contributed by atoms with Crippen molar-refractivity contribution in [2.45, 2.75) is 24.3 Å². The summed E-state index contributed by atoms with van der Waals surface area (Å²) >= 11 is 0. The first-order chi connectivity index (χ1) is 13.6. The Kier molecular flexibility index (Phi) is 4.95. The fourth-order valence-corrected chi connectivity index (χ4v) is 4.42. The van der Waals surface area contributed by atoms with Gasteiger partial charge in [-0.1, -0.05) is 12.1 Å².